The SMILES string of the molecule is C[C@H](Nc1nc(Cl)nc2c1cnn2[C@@H]1O[C@H](COP(=O)(O)CP(=O)(O)O)[C@@H](O)[C@@H]1F)c1ccccc1. The largest absolute Gasteiger partial charge is 0.387 e. The van der Waals surface area contributed by atoms with Gasteiger partial charge in [-0.25, -0.2) is 9.07 Å². The van der Waals surface area contributed by atoms with E-state index >= 15 is 4.39 Å². The normalized spacial score (nSPS) is 25.1. The van der Waals surface area contributed by atoms with E-state index in [1.54, 1.807) is 0 Å². The number of aromatic nitrogens is 4. The van der Waals surface area contributed by atoms with Gasteiger partial charge >= 0.3 is 15.2 Å². The second kappa shape index (κ2) is 10.4. The molecule has 1 aromatic carbocycles. The molecule has 1 saturated heterocycles. The zero-order valence-electron chi connectivity index (χ0n) is 18.6. The van der Waals surface area contributed by atoms with E-state index in [0.717, 1.165) is 10.2 Å². The van der Waals surface area contributed by atoms with E-state index in [1.807, 2.05) is 37.3 Å². The average molecular weight is 566 g/mol. The highest BCUT2D eigenvalue weighted by Crippen LogP contribution is 2.55. The number of alkyl halides is 1. The molecule has 36 heavy (non-hydrogen) atoms. The summed E-state index contributed by atoms with van der Waals surface area (Å²) in [6, 6.07) is 9.34. The number of ether oxygens (including phenoxy) is 1. The fourth-order valence-corrected chi connectivity index (χ4v) is 6.46. The van der Waals surface area contributed by atoms with E-state index < -0.39 is 52.3 Å². The van der Waals surface area contributed by atoms with Gasteiger partial charge in [0.15, 0.2) is 23.9 Å². The molecule has 6 atom stereocenters. The van der Waals surface area contributed by atoms with Crippen molar-refractivity contribution in [3.05, 3.63) is 47.4 Å². The fourth-order valence-electron chi connectivity index (χ4n) is 3.73. The van der Waals surface area contributed by atoms with Crippen LogP contribution in [0.4, 0.5) is 10.2 Å². The van der Waals surface area contributed by atoms with Crippen molar-refractivity contribution < 1.29 is 42.6 Å². The number of halogens is 2. The van der Waals surface area contributed by atoms with E-state index in [2.05, 4.69) is 24.9 Å². The second-order valence-corrected chi connectivity index (χ2v) is 12.5. The summed E-state index contributed by atoms with van der Waals surface area (Å²) in [5.74, 6) is -1.10. The predicted octanol–water partition coefficient (Wildman–Crippen LogP) is 2.59. The first kappa shape index (κ1) is 27.1. The summed E-state index contributed by atoms with van der Waals surface area (Å²) in [6.07, 6.45) is -5.40. The molecule has 1 unspecified atom stereocenters. The topological polar surface area (TPSA) is 189 Å². The molecule has 0 aliphatic carbocycles. The molecule has 3 heterocycles. The maximum absolute atomic E-state index is 15.0. The number of hydrogen-bond donors (Lipinski definition) is 5. The number of nitrogens with one attached hydrogen (secondary N) is 1. The fraction of sp³-hybridized carbons (Fsp3) is 0.421. The molecule has 3 aromatic rings. The van der Waals surface area contributed by atoms with Crippen LogP contribution in [0.15, 0.2) is 36.5 Å². The van der Waals surface area contributed by atoms with Crippen molar-refractivity contribution in [3.8, 4) is 0 Å². The lowest BCUT2D eigenvalue weighted by Crippen LogP contribution is -2.31. The van der Waals surface area contributed by atoms with Crippen LogP contribution in [0.25, 0.3) is 11.0 Å². The Labute approximate surface area is 208 Å². The van der Waals surface area contributed by atoms with Crippen LogP contribution in [-0.2, 0) is 18.4 Å². The molecule has 0 amide bonds. The third-order valence-electron chi connectivity index (χ3n) is 5.42. The number of fused-ring (bicyclic) bond motifs is 1. The monoisotopic (exact) mass is 565 g/mol. The molecule has 5 N–H and O–H groups in total. The first-order valence-electron chi connectivity index (χ1n) is 10.6. The highest BCUT2D eigenvalue weighted by atomic mass is 35.5. The first-order valence-corrected chi connectivity index (χ1v) is 14.5. The standard InChI is InChI=1S/C19H23ClFN5O8P2/c1-10(11-5-3-2-4-6-11)23-16-12-7-22-26(17(12)25-19(20)24-16)18-14(21)15(27)13(34-18)8-33-36(31,32)9-35(28,29)30/h2-7,10,13-15,18,27H,8-9H2,1H3,(H,31,32)(H,23,24,25)(H2,28,29,30)/t10-,13+,14-,15+,18+/m0/s1. The smallest absolute Gasteiger partial charge is 0.340 e. The van der Waals surface area contributed by atoms with Crippen LogP contribution in [0.5, 0.6) is 0 Å². The Kier molecular flexibility index (Phi) is 7.82. The second-order valence-electron chi connectivity index (χ2n) is 8.18. The molecular formula is C19H23ClFN5O8P2. The Bertz CT molecular complexity index is 1330. The minimum absolute atomic E-state index is 0.105. The molecule has 2 aromatic heterocycles. The van der Waals surface area contributed by atoms with E-state index in [9.17, 15) is 19.1 Å². The van der Waals surface area contributed by atoms with Crippen molar-refractivity contribution in [1.29, 1.82) is 0 Å². The molecule has 13 nitrogen and oxygen atoms in total. The number of anilines is 1. The van der Waals surface area contributed by atoms with E-state index in [4.69, 9.17) is 26.1 Å². The highest BCUT2D eigenvalue weighted by molar-refractivity contribution is 7.70. The number of nitrogens with zero attached hydrogens (tertiary/aromatic N) is 4. The first-order chi connectivity index (χ1) is 16.8. The molecule has 196 valence electrons. The van der Waals surface area contributed by atoms with Gasteiger partial charge in [-0.15, -0.1) is 0 Å². The van der Waals surface area contributed by atoms with Gasteiger partial charge in [-0.1, -0.05) is 30.3 Å². The lowest BCUT2D eigenvalue weighted by molar-refractivity contribution is -0.0472. The van der Waals surface area contributed by atoms with Gasteiger partial charge in [-0.05, 0) is 24.1 Å². The lowest BCUT2D eigenvalue weighted by atomic mass is 10.1. The number of aliphatic hydroxyl groups excluding tert-OH is 1. The third kappa shape index (κ3) is 6.10. The van der Waals surface area contributed by atoms with E-state index in [1.165, 1.54) is 6.20 Å². The van der Waals surface area contributed by atoms with Gasteiger partial charge in [0.2, 0.25) is 5.28 Å². The van der Waals surface area contributed by atoms with E-state index in [0.29, 0.717) is 11.2 Å². The van der Waals surface area contributed by atoms with Gasteiger partial charge < -0.3 is 34.4 Å². The van der Waals surface area contributed by atoms with Crippen LogP contribution in [-0.4, -0.2) is 70.4 Å². The summed E-state index contributed by atoms with van der Waals surface area (Å²) in [6.45, 7) is 1.11. The maximum atomic E-state index is 15.0. The molecular weight excluding hydrogens is 543 g/mol. The summed E-state index contributed by atoms with van der Waals surface area (Å²) in [4.78, 5) is 35.7. The zero-order valence-corrected chi connectivity index (χ0v) is 21.2. The Balaban J connectivity index is 1.55. The van der Waals surface area contributed by atoms with Crippen LogP contribution >= 0.6 is 26.8 Å². The molecule has 0 spiro atoms. The third-order valence-corrected chi connectivity index (χ3v) is 9.04. The minimum atomic E-state index is -4.86. The Morgan fingerprint density at radius 1 is 1.25 bits per heavy atom. The van der Waals surface area contributed by atoms with Crippen LogP contribution < -0.4 is 5.32 Å². The molecule has 1 fully saturated rings. The summed E-state index contributed by atoms with van der Waals surface area (Å²) in [5, 5.41) is 17.9. The lowest BCUT2D eigenvalue weighted by Gasteiger charge is -2.18. The number of benzene rings is 1. The molecule has 0 bridgehead atoms. The van der Waals surface area contributed by atoms with Crippen molar-refractivity contribution in [3.63, 3.8) is 0 Å². The van der Waals surface area contributed by atoms with Gasteiger partial charge in [0, 0.05) is 6.04 Å². The molecule has 0 radical (unpaired) electrons. The van der Waals surface area contributed by atoms with Crippen LogP contribution in [0.1, 0.15) is 24.8 Å². The number of rotatable bonds is 9. The van der Waals surface area contributed by atoms with Crippen LogP contribution in [0.3, 0.4) is 0 Å². The molecule has 4 rings (SSSR count). The quantitative estimate of drug-likeness (QED) is 0.189. The van der Waals surface area contributed by atoms with Crippen molar-refractivity contribution in [2.24, 2.45) is 0 Å². The molecule has 1 aliphatic heterocycles. The van der Waals surface area contributed by atoms with Crippen molar-refractivity contribution in [2.75, 3.05) is 17.8 Å². The average Bonchev–Trinajstić information content (AvgIpc) is 3.32. The molecule has 17 heteroatoms. The predicted molar refractivity (Wildman–Crippen MR) is 126 cm³/mol. The van der Waals surface area contributed by atoms with Gasteiger partial charge in [-0.2, -0.15) is 15.1 Å². The van der Waals surface area contributed by atoms with Crippen molar-refractivity contribution in [1.82, 2.24) is 19.7 Å². The van der Waals surface area contributed by atoms with Gasteiger partial charge in [0.05, 0.1) is 18.2 Å². The molecule has 0 saturated carbocycles. The van der Waals surface area contributed by atoms with Crippen LogP contribution in [0, 0.1) is 0 Å². The highest BCUT2D eigenvalue weighted by Gasteiger charge is 2.47. The minimum Gasteiger partial charge on any atom is -0.387 e. The van der Waals surface area contributed by atoms with Crippen molar-refractivity contribution >= 4 is 43.6 Å². The van der Waals surface area contributed by atoms with Gasteiger partial charge in [0.1, 0.15) is 18.0 Å². The summed E-state index contributed by atoms with van der Waals surface area (Å²) >= 11 is 6.11. The summed E-state index contributed by atoms with van der Waals surface area (Å²) in [7, 11) is -9.59. The Morgan fingerprint density at radius 2 is 1.94 bits per heavy atom. The van der Waals surface area contributed by atoms with Gasteiger partial charge in [-0.3, -0.25) is 9.13 Å². The summed E-state index contributed by atoms with van der Waals surface area (Å²) in [5.41, 5.74) is 1.08. The Morgan fingerprint density at radius 3 is 2.61 bits per heavy atom. The number of hydrogen-bond acceptors (Lipinski definition) is 9. The zero-order chi connectivity index (χ0) is 26.3. The number of aliphatic hydroxyl groups is 1. The van der Waals surface area contributed by atoms with Crippen LogP contribution in [0.2, 0.25) is 5.28 Å². The van der Waals surface area contributed by atoms with E-state index in [-0.39, 0.29) is 17.0 Å². The van der Waals surface area contributed by atoms with Gasteiger partial charge in [0.25, 0.3) is 0 Å². The summed E-state index contributed by atoms with van der Waals surface area (Å²) < 4.78 is 49.1. The maximum Gasteiger partial charge on any atom is 0.340 e. The Hall–Kier alpha value is -1.99. The van der Waals surface area contributed by atoms with Crippen molar-refractivity contribution in [2.45, 2.75) is 37.6 Å². The molecule has 1 aliphatic rings.